The van der Waals surface area contributed by atoms with Crippen LogP contribution in [0.25, 0.3) is 21.1 Å². The summed E-state index contributed by atoms with van der Waals surface area (Å²) in [5.41, 5.74) is 6.76. The zero-order valence-electron chi connectivity index (χ0n) is 15.0. The van der Waals surface area contributed by atoms with Crippen LogP contribution in [0.4, 0.5) is 5.95 Å². The zero-order chi connectivity index (χ0) is 19.5. The highest BCUT2D eigenvalue weighted by atomic mass is 32.2. The van der Waals surface area contributed by atoms with E-state index in [4.69, 9.17) is 0 Å². The van der Waals surface area contributed by atoms with Gasteiger partial charge in [-0.2, -0.15) is 0 Å². The lowest BCUT2D eigenvalue weighted by atomic mass is 10.2. The highest BCUT2D eigenvalue weighted by Crippen LogP contribution is 2.29. The lowest BCUT2D eigenvalue weighted by Gasteiger charge is -2.13. The molecule has 142 valence electrons. The van der Waals surface area contributed by atoms with Gasteiger partial charge < -0.3 is 0 Å². The molecule has 9 heteroatoms. The molecule has 0 spiro atoms. The first-order chi connectivity index (χ1) is 13.7. The van der Waals surface area contributed by atoms with Gasteiger partial charge in [0, 0.05) is 6.54 Å². The standard InChI is InChI=1S/C19H17N5O2S2/c1-2-24-17(26)12-7-3-4-8-13(12)20-18(24)23-22-16(25)11-27-19-21-14-9-5-6-10-15(14)28-19/h3-10H,2,11H2,1H3,(H,20,23)(H,22,25). The van der Waals surface area contributed by atoms with E-state index < -0.39 is 0 Å². The van der Waals surface area contributed by atoms with Crippen molar-refractivity contribution >= 4 is 56.1 Å². The van der Waals surface area contributed by atoms with Gasteiger partial charge in [0.15, 0.2) is 4.34 Å². The number of thioether (sulfide) groups is 1. The smallest absolute Gasteiger partial charge is 0.262 e. The van der Waals surface area contributed by atoms with E-state index in [0.29, 0.717) is 23.4 Å². The van der Waals surface area contributed by atoms with Crippen molar-refractivity contribution in [1.29, 1.82) is 0 Å². The second-order valence-electron chi connectivity index (χ2n) is 5.91. The number of nitrogens with zero attached hydrogens (tertiary/aromatic N) is 3. The molecule has 2 aromatic carbocycles. The summed E-state index contributed by atoms with van der Waals surface area (Å²) >= 11 is 2.93. The van der Waals surface area contributed by atoms with E-state index in [1.54, 1.807) is 29.5 Å². The summed E-state index contributed by atoms with van der Waals surface area (Å²) in [4.78, 5) is 33.7. The van der Waals surface area contributed by atoms with Gasteiger partial charge in [0.05, 0.1) is 26.9 Å². The first-order valence-electron chi connectivity index (χ1n) is 8.68. The Bertz CT molecular complexity index is 1180. The molecule has 0 saturated heterocycles. The summed E-state index contributed by atoms with van der Waals surface area (Å²) in [5.74, 6) is 0.287. The molecule has 28 heavy (non-hydrogen) atoms. The summed E-state index contributed by atoms with van der Waals surface area (Å²) in [6, 6.07) is 15.0. The maximum atomic E-state index is 12.6. The number of carbonyl (C=O) groups is 1. The minimum atomic E-state index is -0.227. The lowest BCUT2D eigenvalue weighted by molar-refractivity contribution is -0.118. The Morgan fingerprint density at radius 1 is 1.11 bits per heavy atom. The largest absolute Gasteiger partial charge is 0.277 e. The number of rotatable bonds is 6. The molecule has 0 unspecified atom stereocenters. The molecule has 0 bridgehead atoms. The van der Waals surface area contributed by atoms with Gasteiger partial charge in [-0.15, -0.1) is 11.3 Å². The van der Waals surface area contributed by atoms with E-state index in [1.807, 2.05) is 37.3 Å². The van der Waals surface area contributed by atoms with Crippen molar-refractivity contribution < 1.29 is 4.79 Å². The van der Waals surface area contributed by atoms with E-state index in [-0.39, 0.29) is 17.2 Å². The fraction of sp³-hybridized carbons (Fsp3) is 0.158. The Morgan fingerprint density at radius 3 is 2.64 bits per heavy atom. The number of benzene rings is 2. The molecule has 4 rings (SSSR count). The van der Waals surface area contributed by atoms with Gasteiger partial charge >= 0.3 is 0 Å². The van der Waals surface area contributed by atoms with Crippen LogP contribution in [0.5, 0.6) is 0 Å². The summed E-state index contributed by atoms with van der Waals surface area (Å²) in [5, 5.41) is 0.549. The van der Waals surface area contributed by atoms with Crippen molar-refractivity contribution in [3.63, 3.8) is 0 Å². The molecular weight excluding hydrogens is 394 g/mol. The molecule has 2 heterocycles. The van der Waals surface area contributed by atoms with Gasteiger partial charge in [-0.3, -0.25) is 25.0 Å². The molecule has 0 saturated carbocycles. The zero-order valence-corrected chi connectivity index (χ0v) is 16.6. The molecule has 0 fully saturated rings. The summed E-state index contributed by atoms with van der Waals surface area (Å²) in [7, 11) is 0. The third-order valence-corrected chi connectivity index (χ3v) is 6.27. The third kappa shape index (κ3) is 3.71. The SMILES string of the molecule is CCn1c(NNC(=O)CSc2nc3ccccc3s2)nc2ccccc2c1=O. The van der Waals surface area contributed by atoms with E-state index in [9.17, 15) is 9.59 Å². The quantitative estimate of drug-likeness (QED) is 0.374. The number of hydrogen-bond donors (Lipinski definition) is 2. The summed E-state index contributed by atoms with van der Waals surface area (Å²) in [6.45, 7) is 2.29. The van der Waals surface area contributed by atoms with Crippen LogP contribution in [0.15, 0.2) is 57.7 Å². The van der Waals surface area contributed by atoms with E-state index >= 15 is 0 Å². The van der Waals surface area contributed by atoms with Crippen LogP contribution in [0.3, 0.4) is 0 Å². The van der Waals surface area contributed by atoms with Crippen LogP contribution in [-0.4, -0.2) is 26.2 Å². The van der Waals surface area contributed by atoms with Crippen LogP contribution in [0.1, 0.15) is 6.92 Å². The van der Waals surface area contributed by atoms with Gasteiger partial charge in [-0.25, -0.2) is 9.97 Å². The van der Waals surface area contributed by atoms with Gasteiger partial charge in [-0.05, 0) is 31.2 Å². The monoisotopic (exact) mass is 411 g/mol. The average molecular weight is 412 g/mol. The number of fused-ring (bicyclic) bond motifs is 2. The fourth-order valence-corrected chi connectivity index (χ4v) is 4.63. The second kappa shape index (κ2) is 7.99. The van der Waals surface area contributed by atoms with E-state index in [0.717, 1.165) is 14.6 Å². The predicted molar refractivity (Wildman–Crippen MR) is 114 cm³/mol. The first-order valence-corrected chi connectivity index (χ1v) is 10.5. The minimum absolute atomic E-state index is 0.145. The molecule has 0 atom stereocenters. The molecular formula is C19H17N5O2S2. The molecule has 0 radical (unpaired) electrons. The number of amides is 1. The Kier molecular flexibility index (Phi) is 5.27. The molecule has 1 amide bonds. The Labute approximate surface area is 168 Å². The maximum Gasteiger partial charge on any atom is 0.262 e. The summed E-state index contributed by atoms with van der Waals surface area (Å²) in [6.07, 6.45) is 0. The molecule has 0 aliphatic carbocycles. The number of nitrogens with one attached hydrogen (secondary N) is 2. The van der Waals surface area contributed by atoms with Gasteiger partial charge in [0.2, 0.25) is 11.9 Å². The fourth-order valence-electron chi connectivity index (χ4n) is 2.76. The molecule has 2 N–H and O–H groups in total. The van der Waals surface area contributed by atoms with Crippen LogP contribution in [-0.2, 0) is 11.3 Å². The lowest BCUT2D eigenvalue weighted by Crippen LogP contribution is -2.35. The molecule has 0 aliphatic rings. The third-order valence-electron chi connectivity index (χ3n) is 4.09. The second-order valence-corrected chi connectivity index (χ2v) is 8.16. The van der Waals surface area contributed by atoms with E-state index in [2.05, 4.69) is 20.8 Å². The van der Waals surface area contributed by atoms with Crippen molar-refractivity contribution in [2.75, 3.05) is 11.2 Å². The topological polar surface area (TPSA) is 88.9 Å². The van der Waals surface area contributed by atoms with Crippen LogP contribution < -0.4 is 16.4 Å². The Hall–Kier alpha value is -2.91. The van der Waals surface area contributed by atoms with Crippen molar-refractivity contribution in [1.82, 2.24) is 20.0 Å². The van der Waals surface area contributed by atoms with Crippen molar-refractivity contribution in [2.24, 2.45) is 0 Å². The van der Waals surface area contributed by atoms with Crippen molar-refractivity contribution in [2.45, 2.75) is 17.8 Å². The van der Waals surface area contributed by atoms with Gasteiger partial charge in [0.25, 0.3) is 5.56 Å². The average Bonchev–Trinajstić information content (AvgIpc) is 3.14. The molecule has 0 aliphatic heterocycles. The summed E-state index contributed by atoms with van der Waals surface area (Å²) < 4.78 is 3.42. The molecule has 2 aromatic heterocycles. The number of anilines is 1. The van der Waals surface area contributed by atoms with Crippen molar-refractivity contribution in [3.05, 3.63) is 58.9 Å². The predicted octanol–water partition coefficient (Wildman–Crippen LogP) is 3.26. The first kappa shape index (κ1) is 18.5. The number of para-hydroxylation sites is 2. The normalized spacial score (nSPS) is 11.0. The minimum Gasteiger partial charge on any atom is -0.277 e. The number of carbonyl (C=O) groups excluding carboxylic acids is 1. The molecule has 4 aromatic rings. The maximum absolute atomic E-state index is 12.6. The van der Waals surface area contributed by atoms with Crippen molar-refractivity contribution in [3.8, 4) is 0 Å². The van der Waals surface area contributed by atoms with Gasteiger partial charge in [0.1, 0.15) is 0 Å². The highest BCUT2D eigenvalue weighted by molar-refractivity contribution is 8.01. The Morgan fingerprint density at radius 2 is 1.86 bits per heavy atom. The number of hydrazine groups is 1. The van der Waals surface area contributed by atoms with Crippen LogP contribution in [0, 0.1) is 0 Å². The number of aromatic nitrogens is 3. The highest BCUT2D eigenvalue weighted by Gasteiger charge is 2.11. The van der Waals surface area contributed by atoms with Crippen LogP contribution >= 0.6 is 23.1 Å². The van der Waals surface area contributed by atoms with Crippen LogP contribution in [0.2, 0.25) is 0 Å². The Balaban J connectivity index is 1.43. The van der Waals surface area contributed by atoms with E-state index in [1.165, 1.54) is 16.3 Å². The molecule has 7 nitrogen and oxygen atoms in total. The number of hydrogen-bond acceptors (Lipinski definition) is 7. The van der Waals surface area contributed by atoms with Gasteiger partial charge in [-0.1, -0.05) is 36.0 Å². The number of thiazole rings is 1.